The third-order valence-electron chi connectivity index (χ3n) is 2.91. The van der Waals surface area contributed by atoms with Crippen LogP contribution in [0.15, 0.2) is 28.9 Å². The standard InChI is InChI=1S/C14H11BrCl3N3O2/c1-21(14(23)10-5-9(18)13(15)19-10)6-11(22)20-12-7(16)3-2-4-8(12)17/h2-5,19H,6H2,1H3,(H,20,22). The molecule has 2 aromatic rings. The van der Waals surface area contributed by atoms with Crippen molar-refractivity contribution in [1.82, 2.24) is 9.88 Å². The van der Waals surface area contributed by atoms with Crippen LogP contribution in [0.25, 0.3) is 0 Å². The summed E-state index contributed by atoms with van der Waals surface area (Å²) in [5, 5.41) is 3.61. The molecule has 0 saturated heterocycles. The molecule has 2 rings (SSSR count). The molecule has 0 bridgehead atoms. The summed E-state index contributed by atoms with van der Waals surface area (Å²) in [6, 6.07) is 6.36. The molecular formula is C14H11BrCl3N3O2. The smallest absolute Gasteiger partial charge is 0.270 e. The number of likely N-dealkylation sites (N-methyl/N-ethyl adjacent to an activating group) is 1. The van der Waals surface area contributed by atoms with Crippen molar-refractivity contribution in [2.45, 2.75) is 0 Å². The average molecular weight is 440 g/mol. The largest absolute Gasteiger partial charge is 0.344 e. The maximum Gasteiger partial charge on any atom is 0.270 e. The van der Waals surface area contributed by atoms with E-state index in [9.17, 15) is 9.59 Å². The molecule has 0 fully saturated rings. The zero-order valence-electron chi connectivity index (χ0n) is 11.8. The molecule has 1 aromatic heterocycles. The zero-order valence-corrected chi connectivity index (χ0v) is 15.6. The fraction of sp³-hybridized carbons (Fsp3) is 0.143. The molecular weight excluding hydrogens is 428 g/mol. The second-order valence-electron chi connectivity index (χ2n) is 4.65. The van der Waals surface area contributed by atoms with Gasteiger partial charge in [-0.05, 0) is 34.1 Å². The number of carbonyl (C=O) groups is 2. The monoisotopic (exact) mass is 437 g/mol. The first-order valence-corrected chi connectivity index (χ1v) is 8.25. The van der Waals surface area contributed by atoms with E-state index < -0.39 is 5.91 Å². The highest BCUT2D eigenvalue weighted by molar-refractivity contribution is 9.10. The van der Waals surface area contributed by atoms with E-state index in [-0.39, 0.29) is 18.1 Å². The minimum Gasteiger partial charge on any atom is -0.344 e. The van der Waals surface area contributed by atoms with Gasteiger partial charge in [-0.25, -0.2) is 0 Å². The number of aromatic amines is 1. The number of aromatic nitrogens is 1. The summed E-state index contributed by atoms with van der Waals surface area (Å²) >= 11 is 21.0. The molecule has 0 saturated carbocycles. The van der Waals surface area contributed by atoms with E-state index in [4.69, 9.17) is 34.8 Å². The summed E-state index contributed by atoms with van der Waals surface area (Å²) in [6.07, 6.45) is 0. The molecule has 0 aliphatic heterocycles. The summed E-state index contributed by atoms with van der Waals surface area (Å²) in [7, 11) is 1.50. The Morgan fingerprint density at radius 3 is 2.35 bits per heavy atom. The number of para-hydroxylation sites is 1. The van der Waals surface area contributed by atoms with Crippen LogP contribution in [-0.4, -0.2) is 35.3 Å². The molecule has 1 aromatic carbocycles. The van der Waals surface area contributed by atoms with Crippen molar-refractivity contribution in [3.8, 4) is 0 Å². The minimum absolute atomic E-state index is 0.172. The van der Waals surface area contributed by atoms with Gasteiger partial charge in [-0.15, -0.1) is 0 Å². The summed E-state index contributed by atoms with van der Waals surface area (Å²) in [5.41, 5.74) is 0.584. The molecule has 0 radical (unpaired) electrons. The van der Waals surface area contributed by atoms with Crippen molar-refractivity contribution in [2.24, 2.45) is 0 Å². The second kappa shape index (κ2) is 7.57. The number of nitrogens with zero attached hydrogens (tertiary/aromatic N) is 1. The molecule has 0 aliphatic rings. The summed E-state index contributed by atoms with van der Waals surface area (Å²) in [6.45, 7) is -0.172. The van der Waals surface area contributed by atoms with Crippen LogP contribution in [0.4, 0.5) is 5.69 Å². The van der Waals surface area contributed by atoms with Gasteiger partial charge in [0.15, 0.2) is 0 Å². The van der Waals surface area contributed by atoms with E-state index in [0.717, 1.165) is 0 Å². The van der Waals surface area contributed by atoms with Crippen molar-refractivity contribution in [2.75, 3.05) is 18.9 Å². The second-order valence-corrected chi connectivity index (χ2v) is 6.67. The van der Waals surface area contributed by atoms with Gasteiger partial charge in [0.25, 0.3) is 5.91 Å². The van der Waals surface area contributed by atoms with Crippen molar-refractivity contribution in [3.63, 3.8) is 0 Å². The normalized spacial score (nSPS) is 10.5. The van der Waals surface area contributed by atoms with Gasteiger partial charge in [-0.3, -0.25) is 9.59 Å². The van der Waals surface area contributed by atoms with Gasteiger partial charge in [0.05, 0.1) is 27.3 Å². The lowest BCUT2D eigenvalue weighted by Crippen LogP contribution is -2.35. The lowest BCUT2D eigenvalue weighted by Gasteiger charge is -2.16. The van der Waals surface area contributed by atoms with Gasteiger partial charge < -0.3 is 15.2 Å². The lowest BCUT2D eigenvalue weighted by molar-refractivity contribution is -0.116. The van der Waals surface area contributed by atoms with Crippen molar-refractivity contribution in [1.29, 1.82) is 0 Å². The van der Waals surface area contributed by atoms with Gasteiger partial charge >= 0.3 is 0 Å². The average Bonchev–Trinajstić information content (AvgIpc) is 2.82. The fourth-order valence-corrected chi connectivity index (χ4v) is 2.78. The van der Waals surface area contributed by atoms with E-state index in [1.807, 2.05) is 0 Å². The molecule has 0 atom stereocenters. The van der Waals surface area contributed by atoms with Crippen LogP contribution in [-0.2, 0) is 4.79 Å². The van der Waals surface area contributed by atoms with Gasteiger partial charge in [0.2, 0.25) is 5.91 Å². The Labute approximate surface area is 156 Å². The predicted octanol–water partition coefficient (Wildman–Crippen LogP) is 4.45. The van der Waals surface area contributed by atoms with Crippen LogP contribution in [0.2, 0.25) is 15.1 Å². The van der Waals surface area contributed by atoms with Crippen molar-refractivity contribution in [3.05, 3.63) is 49.6 Å². The maximum atomic E-state index is 12.2. The lowest BCUT2D eigenvalue weighted by atomic mass is 10.3. The van der Waals surface area contributed by atoms with Gasteiger partial charge in [0.1, 0.15) is 10.3 Å². The van der Waals surface area contributed by atoms with E-state index in [1.165, 1.54) is 18.0 Å². The quantitative estimate of drug-likeness (QED) is 0.739. The van der Waals surface area contributed by atoms with E-state index in [0.29, 0.717) is 25.4 Å². The van der Waals surface area contributed by atoms with E-state index >= 15 is 0 Å². The Morgan fingerprint density at radius 1 is 1.22 bits per heavy atom. The summed E-state index contributed by atoms with van der Waals surface area (Å²) in [4.78, 5) is 28.3. The van der Waals surface area contributed by atoms with Crippen LogP contribution in [0.5, 0.6) is 0 Å². The van der Waals surface area contributed by atoms with E-state index in [2.05, 4.69) is 26.2 Å². The van der Waals surface area contributed by atoms with Crippen LogP contribution < -0.4 is 5.32 Å². The van der Waals surface area contributed by atoms with E-state index in [1.54, 1.807) is 18.2 Å². The molecule has 2 amide bonds. The number of anilines is 1. The Morgan fingerprint density at radius 2 is 1.83 bits per heavy atom. The third-order valence-corrected chi connectivity index (χ3v) is 4.69. The first kappa shape index (κ1) is 18.1. The number of nitrogens with one attached hydrogen (secondary N) is 2. The van der Waals surface area contributed by atoms with Gasteiger partial charge in [0, 0.05) is 7.05 Å². The van der Waals surface area contributed by atoms with Crippen LogP contribution in [0, 0.1) is 0 Å². The topological polar surface area (TPSA) is 65.2 Å². The molecule has 0 unspecified atom stereocenters. The molecule has 9 heteroatoms. The Balaban J connectivity index is 2.03. The van der Waals surface area contributed by atoms with Crippen LogP contribution in [0.1, 0.15) is 10.5 Å². The highest BCUT2D eigenvalue weighted by Gasteiger charge is 2.19. The number of benzene rings is 1. The number of H-pyrrole nitrogens is 1. The predicted molar refractivity (Wildman–Crippen MR) is 95.6 cm³/mol. The number of amides is 2. The SMILES string of the molecule is CN(CC(=O)Nc1c(Cl)cccc1Cl)C(=O)c1cc(Cl)c(Br)[nH]1. The summed E-state index contributed by atoms with van der Waals surface area (Å²) < 4.78 is 0.503. The van der Waals surface area contributed by atoms with Crippen LogP contribution >= 0.6 is 50.7 Å². The highest BCUT2D eigenvalue weighted by Crippen LogP contribution is 2.29. The van der Waals surface area contributed by atoms with Gasteiger partial charge in [-0.2, -0.15) is 0 Å². The zero-order chi connectivity index (χ0) is 17.1. The van der Waals surface area contributed by atoms with Crippen molar-refractivity contribution < 1.29 is 9.59 Å². The Bertz CT molecular complexity index is 724. The minimum atomic E-state index is -0.424. The molecule has 23 heavy (non-hydrogen) atoms. The maximum absolute atomic E-state index is 12.2. The molecule has 2 N–H and O–H groups in total. The first-order chi connectivity index (χ1) is 10.8. The molecule has 1 heterocycles. The molecule has 0 aliphatic carbocycles. The number of rotatable bonds is 4. The number of hydrogen-bond donors (Lipinski definition) is 2. The third kappa shape index (κ3) is 4.41. The summed E-state index contributed by atoms with van der Waals surface area (Å²) in [5.74, 6) is -0.800. The molecule has 5 nitrogen and oxygen atoms in total. The van der Waals surface area contributed by atoms with Crippen molar-refractivity contribution >= 4 is 68.2 Å². The van der Waals surface area contributed by atoms with Crippen LogP contribution in [0.3, 0.4) is 0 Å². The number of hydrogen-bond acceptors (Lipinski definition) is 2. The highest BCUT2D eigenvalue weighted by atomic mass is 79.9. The number of halogens is 4. The first-order valence-electron chi connectivity index (χ1n) is 6.33. The fourth-order valence-electron chi connectivity index (χ4n) is 1.81. The number of carbonyl (C=O) groups excluding carboxylic acids is 2. The Kier molecular flexibility index (Phi) is 5.97. The Hall–Kier alpha value is -1.21. The van der Waals surface area contributed by atoms with Gasteiger partial charge in [-0.1, -0.05) is 40.9 Å². The molecule has 0 spiro atoms. The molecule has 122 valence electrons.